The van der Waals surface area contributed by atoms with Gasteiger partial charge in [-0.05, 0) is 40.2 Å². The van der Waals surface area contributed by atoms with Crippen LogP contribution in [0.15, 0.2) is 18.2 Å². The van der Waals surface area contributed by atoms with E-state index in [0.29, 0.717) is 0 Å². The summed E-state index contributed by atoms with van der Waals surface area (Å²) < 4.78 is 5.90. The number of rotatable bonds is 1. The van der Waals surface area contributed by atoms with E-state index in [4.69, 9.17) is 0 Å². The minimum absolute atomic E-state index is 0.116. The molecule has 0 spiro atoms. The summed E-state index contributed by atoms with van der Waals surface area (Å²) in [5, 5.41) is 11.3. The van der Waals surface area contributed by atoms with Gasteiger partial charge in [-0.3, -0.25) is 10.1 Å². The summed E-state index contributed by atoms with van der Waals surface area (Å²) in [6.07, 6.45) is 0. The molecule has 2 rings (SSSR count). The number of non-ortho nitro benzene ring substituents is 1. The van der Waals surface area contributed by atoms with Gasteiger partial charge in [0, 0.05) is 17.5 Å². The van der Waals surface area contributed by atoms with Gasteiger partial charge in [-0.25, -0.2) is 0 Å². The molecule has 0 amide bonds. The van der Waals surface area contributed by atoms with E-state index < -0.39 is 4.92 Å². The van der Waals surface area contributed by atoms with Crippen LogP contribution in [0.4, 0.5) is 5.69 Å². The number of benzene rings is 1. The van der Waals surface area contributed by atoms with Gasteiger partial charge in [-0.1, -0.05) is 0 Å². The summed E-state index contributed by atoms with van der Waals surface area (Å²) in [5.74, 6) is 0. The molecule has 0 aliphatic rings. The minimum atomic E-state index is -0.396. The van der Waals surface area contributed by atoms with Crippen LogP contribution in [-0.2, 0) is 0 Å². The van der Waals surface area contributed by atoms with Crippen molar-refractivity contribution < 1.29 is 4.92 Å². The first-order chi connectivity index (χ1) is 6.18. The van der Waals surface area contributed by atoms with Gasteiger partial charge >= 0.3 is 0 Å². The maximum absolute atomic E-state index is 10.5. The number of aromatic nitrogens is 1. The maximum Gasteiger partial charge on any atom is 0.270 e. The summed E-state index contributed by atoms with van der Waals surface area (Å²) in [5.41, 5.74) is 0.116. The van der Waals surface area contributed by atoms with Gasteiger partial charge in [0.1, 0.15) is 3.70 Å². The summed E-state index contributed by atoms with van der Waals surface area (Å²) in [4.78, 5) is 10.1. The average Bonchev–Trinajstić information content (AvgIpc) is 2.47. The fourth-order valence-electron chi connectivity index (χ4n) is 1.01. The largest absolute Gasteiger partial charge is 0.270 e. The molecule has 0 bridgehead atoms. The topological polar surface area (TPSA) is 56.0 Å². The molecule has 6 heteroatoms. The smallest absolute Gasteiger partial charge is 0.258 e. The van der Waals surface area contributed by atoms with Gasteiger partial charge in [-0.15, -0.1) is 0 Å². The lowest BCUT2D eigenvalue weighted by molar-refractivity contribution is -0.384. The number of nitro groups is 1. The van der Waals surface area contributed by atoms with E-state index >= 15 is 0 Å². The highest BCUT2D eigenvalue weighted by Crippen LogP contribution is 2.27. The van der Waals surface area contributed by atoms with E-state index in [0.717, 1.165) is 13.8 Å². The van der Waals surface area contributed by atoms with Crippen LogP contribution in [0.1, 0.15) is 0 Å². The molecule has 0 saturated carbocycles. The Labute approximate surface area is 91.0 Å². The number of nitrogens with zero attached hydrogens (tertiary/aromatic N) is 2. The first-order valence-electron chi connectivity index (χ1n) is 3.38. The molecule has 66 valence electrons. The van der Waals surface area contributed by atoms with Crippen molar-refractivity contribution in [3.8, 4) is 0 Å². The molecular formula is C7H3IN2O2S. The van der Waals surface area contributed by atoms with Gasteiger partial charge in [0.05, 0.1) is 9.62 Å². The van der Waals surface area contributed by atoms with Crippen molar-refractivity contribution in [2.75, 3.05) is 0 Å². The quantitative estimate of drug-likeness (QED) is 0.462. The van der Waals surface area contributed by atoms with Crippen molar-refractivity contribution in [3.63, 3.8) is 0 Å². The number of hydrogen-bond acceptors (Lipinski definition) is 4. The molecule has 1 aromatic carbocycles. The molecule has 0 aliphatic carbocycles. The van der Waals surface area contributed by atoms with E-state index in [1.165, 1.54) is 17.6 Å². The zero-order valence-electron chi connectivity index (χ0n) is 6.23. The van der Waals surface area contributed by atoms with Crippen LogP contribution in [0.5, 0.6) is 0 Å². The van der Waals surface area contributed by atoms with E-state index in [1.54, 1.807) is 12.1 Å². The molecule has 2 aromatic rings. The van der Waals surface area contributed by atoms with Crippen LogP contribution in [-0.4, -0.2) is 9.30 Å². The van der Waals surface area contributed by atoms with Crippen LogP contribution in [0, 0.1) is 13.8 Å². The van der Waals surface area contributed by atoms with Crippen LogP contribution in [0.2, 0.25) is 0 Å². The van der Waals surface area contributed by atoms with Crippen LogP contribution in [0.25, 0.3) is 10.1 Å². The molecule has 0 unspecified atom stereocenters. The van der Waals surface area contributed by atoms with Crippen molar-refractivity contribution in [2.24, 2.45) is 0 Å². The molecule has 0 fully saturated rings. The third kappa shape index (κ3) is 1.51. The Kier molecular flexibility index (Phi) is 2.16. The van der Waals surface area contributed by atoms with Gasteiger partial charge in [0.25, 0.3) is 5.69 Å². The highest BCUT2D eigenvalue weighted by molar-refractivity contribution is 14.1. The van der Waals surface area contributed by atoms with Crippen molar-refractivity contribution >= 4 is 49.9 Å². The van der Waals surface area contributed by atoms with Gasteiger partial charge in [0.2, 0.25) is 0 Å². The number of fused-ring (bicyclic) bond motifs is 1. The standard InChI is InChI=1S/C7H3IN2O2S/c8-7-5-3-4(10(11)12)1-2-6(5)13-9-7/h1-3H. The van der Waals surface area contributed by atoms with Crippen LogP contribution < -0.4 is 0 Å². The zero-order valence-corrected chi connectivity index (χ0v) is 9.20. The Morgan fingerprint density at radius 3 is 3.00 bits per heavy atom. The summed E-state index contributed by atoms with van der Waals surface area (Å²) in [6.45, 7) is 0. The van der Waals surface area contributed by atoms with Crippen molar-refractivity contribution in [1.82, 2.24) is 4.37 Å². The monoisotopic (exact) mass is 306 g/mol. The zero-order chi connectivity index (χ0) is 9.42. The van der Waals surface area contributed by atoms with Crippen LogP contribution in [0.3, 0.4) is 0 Å². The molecule has 0 aliphatic heterocycles. The Bertz CT molecular complexity index is 482. The van der Waals surface area contributed by atoms with Gasteiger partial charge < -0.3 is 0 Å². The lowest BCUT2D eigenvalue weighted by atomic mass is 10.2. The van der Waals surface area contributed by atoms with Crippen LogP contribution >= 0.6 is 34.1 Å². The molecule has 13 heavy (non-hydrogen) atoms. The van der Waals surface area contributed by atoms with Crippen molar-refractivity contribution in [2.45, 2.75) is 0 Å². The van der Waals surface area contributed by atoms with E-state index in [1.807, 2.05) is 0 Å². The van der Waals surface area contributed by atoms with E-state index in [9.17, 15) is 10.1 Å². The third-order valence-electron chi connectivity index (χ3n) is 1.62. The first-order valence-corrected chi connectivity index (χ1v) is 5.23. The Hall–Kier alpha value is -0.760. The number of hydrogen-bond donors (Lipinski definition) is 0. The van der Waals surface area contributed by atoms with Gasteiger partial charge in [-0.2, -0.15) is 4.37 Å². The number of nitro benzene ring substituents is 1. The summed E-state index contributed by atoms with van der Waals surface area (Å²) >= 11 is 3.42. The highest BCUT2D eigenvalue weighted by Gasteiger charge is 2.09. The Morgan fingerprint density at radius 2 is 2.31 bits per heavy atom. The molecule has 0 saturated heterocycles. The van der Waals surface area contributed by atoms with Gasteiger partial charge in [0.15, 0.2) is 0 Å². The molecule has 1 heterocycles. The average molecular weight is 306 g/mol. The van der Waals surface area contributed by atoms with Crippen molar-refractivity contribution in [1.29, 1.82) is 0 Å². The summed E-state index contributed by atoms with van der Waals surface area (Å²) in [6, 6.07) is 4.78. The molecule has 0 N–H and O–H groups in total. The normalized spacial score (nSPS) is 10.5. The second-order valence-electron chi connectivity index (χ2n) is 2.41. The second kappa shape index (κ2) is 3.18. The minimum Gasteiger partial charge on any atom is -0.258 e. The molecular weight excluding hydrogens is 303 g/mol. The first kappa shape index (κ1) is 8.82. The fraction of sp³-hybridized carbons (Fsp3) is 0. The maximum atomic E-state index is 10.5. The second-order valence-corrected chi connectivity index (χ2v) is 4.24. The Balaban J connectivity index is 2.72. The molecule has 0 atom stereocenters. The fourth-order valence-corrected chi connectivity index (χ4v) is 2.60. The lowest BCUT2D eigenvalue weighted by Gasteiger charge is -1.90. The van der Waals surface area contributed by atoms with Crippen molar-refractivity contribution in [3.05, 3.63) is 32.0 Å². The number of halogens is 1. The predicted molar refractivity (Wildman–Crippen MR) is 59.0 cm³/mol. The Morgan fingerprint density at radius 1 is 1.54 bits per heavy atom. The molecule has 0 radical (unpaired) electrons. The summed E-state index contributed by atoms with van der Waals surface area (Å²) in [7, 11) is 0. The third-order valence-corrected chi connectivity index (χ3v) is 3.60. The van der Waals surface area contributed by atoms with E-state index in [2.05, 4.69) is 27.0 Å². The SMILES string of the molecule is O=[N+]([O-])c1ccc2snc(I)c2c1. The van der Waals surface area contributed by atoms with E-state index in [-0.39, 0.29) is 5.69 Å². The molecule has 4 nitrogen and oxygen atoms in total. The molecule has 1 aromatic heterocycles. The predicted octanol–water partition coefficient (Wildman–Crippen LogP) is 2.81. The lowest BCUT2D eigenvalue weighted by Crippen LogP contribution is -1.86. The highest BCUT2D eigenvalue weighted by atomic mass is 127.